The van der Waals surface area contributed by atoms with Gasteiger partial charge in [-0.2, -0.15) is 5.26 Å². The van der Waals surface area contributed by atoms with Gasteiger partial charge in [-0.15, -0.1) is 0 Å². The van der Waals surface area contributed by atoms with Crippen molar-refractivity contribution in [3.8, 4) is 6.07 Å². The van der Waals surface area contributed by atoms with E-state index in [1.165, 1.54) is 0 Å². The van der Waals surface area contributed by atoms with Gasteiger partial charge in [0.25, 0.3) is 5.91 Å². The van der Waals surface area contributed by atoms with Gasteiger partial charge in [0.15, 0.2) is 0 Å². The third-order valence-corrected chi connectivity index (χ3v) is 4.28. The zero-order chi connectivity index (χ0) is 16.1. The van der Waals surface area contributed by atoms with E-state index in [-0.39, 0.29) is 18.1 Å². The minimum Gasteiger partial charge on any atom is -0.390 e. The lowest BCUT2D eigenvalue weighted by molar-refractivity contribution is 0.000800. The van der Waals surface area contributed by atoms with E-state index in [1.54, 1.807) is 29.2 Å². The predicted octanol–water partition coefficient (Wildman–Crippen LogP) is 1.48. The van der Waals surface area contributed by atoms with Gasteiger partial charge in [-0.05, 0) is 50.6 Å². The maximum Gasteiger partial charge on any atom is 0.253 e. The Hall–Kier alpha value is -1.90. The van der Waals surface area contributed by atoms with Crippen molar-refractivity contribution in [3.63, 3.8) is 0 Å². The highest BCUT2D eigenvalue weighted by Gasteiger charge is 2.24. The van der Waals surface area contributed by atoms with Gasteiger partial charge in [-0.3, -0.25) is 9.69 Å². The second-order valence-corrected chi connectivity index (χ2v) is 6.01. The Balaban J connectivity index is 1.79. The number of rotatable bonds is 6. The van der Waals surface area contributed by atoms with Crippen LogP contribution in [0.4, 0.5) is 0 Å². The largest absolute Gasteiger partial charge is 0.390 e. The number of carbonyl (C=O) groups excluding carboxylic acids is 1. The van der Waals surface area contributed by atoms with Gasteiger partial charge >= 0.3 is 0 Å². The number of nitrogens with zero attached hydrogens (tertiary/aromatic N) is 3. The number of aliphatic hydroxyl groups excluding tert-OH is 1. The molecule has 5 heteroatoms. The Morgan fingerprint density at radius 3 is 2.64 bits per heavy atom. The number of nitriles is 1. The first-order valence-corrected chi connectivity index (χ1v) is 7.69. The van der Waals surface area contributed by atoms with Crippen LogP contribution < -0.4 is 0 Å². The molecular weight excluding hydrogens is 278 g/mol. The third kappa shape index (κ3) is 4.06. The van der Waals surface area contributed by atoms with Crippen LogP contribution in [0.2, 0.25) is 0 Å². The number of hydrogen-bond donors (Lipinski definition) is 1. The van der Waals surface area contributed by atoms with Crippen LogP contribution in [0, 0.1) is 11.3 Å². The van der Waals surface area contributed by atoms with Gasteiger partial charge in [0.05, 0.1) is 17.7 Å². The molecule has 22 heavy (non-hydrogen) atoms. The maximum atomic E-state index is 12.4. The molecule has 1 aliphatic heterocycles. The summed E-state index contributed by atoms with van der Waals surface area (Å²) >= 11 is 0. The van der Waals surface area contributed by atoms with Crippen molar-refractivity contribution in [1.29, 1.82) is 5.26 Å². The Morgan fingerprint density at radius 2 is 2.09 bits per heavy atom. The molecule has 1 fully saturated rings. The standard InChI is InChI=1S/C17H23N3O2/c1-13(4-3-9-20-11-16(21)12-20)19(2)17(22)15-7-5-14(10-18)6-8-15/h5-8,13,16,21H,3-4,9,11-12H2,1-2H3. The quantitative estimate of drug-likeness (QED) is 0.864. The summed E-state index contributed by atoms with van der Waals surface area (Å²) in [5.41, 5.74) is 1.17. The molecule has 0 bridgehead atoms. The minimum atomic E-state index is -0.155. The van der Waals surface area contributed by atoms with E-state index < -0.39 is 0 Å². The van der Waals surface area contributed by atoms with Crippen molar-refractivity contribution in [2.24, 2.45) is 0 Å². The average Bonchev–Trinajstić information content (AvgIpc) is 2.51. The highest BCUT2D eigenvalue weighted by atomic mass is 16.3. The molecule has 1 unspecified atom stereocenters. The van der Waals surface area contributed by atoms with Crippen LogP contribution in [-0.2, 0) is 0 Å². The molecule has 1 amide bonds. The number of β-amino-alcohol motifs (C(OH)–C–C–N with tert-alkyl or cyclic N) is 1. The lowest BCUT2D eigenvalue weighted by Gasteiger charge is -2.36. The van der Waals surface area contributed by atoms with Crippen LogP contribution in [0.1, 0.15) is 35.7 Å². The number of hydrogen-bond acceptors (Lipinski definition) is 4. The zero-order valence-corrected chi connectivity index (χ0v) is 13.2. The Morgan fingerprint density at radius 1 is 1.45 bits per heavy atom. The molecule has 1 aromatic rings. The molecule has 0 saturated carbocycles. The summed E-state index contributed by atoms with van der Waals surface area (Å²) in [5, 5.41) is 18.0. The summed E-state index contributed by atoms with van der Waals surface area (Å²) in [5.74, 6) is -0.0173. The van der Waals surface area contributed by atoms with Crippen LogP contribution in [-0.4, -0.2) is 59.6 Å². The molecule has 0 radical (unpaired) electrons. The number of benzene rings is 1. The van der Waals surface area contributed by atoms with Gasteiger partial charge in [-0.1, -0.05) is 0 Å². The van der Waals surface area contributed by atoms with Crippen molar-refractivity contribution in [3.05, 3.63) is 35.4 Å². The van der Waals surface area contributed by atoms with Crippen LogP contribution in [0.25, 0.3) is 0 Å². The number of carbonyl (C=O) groups is 1. The van der Waals surface area contributed by atoms with Gasteiger partial charge in [0.2, 0.25) is 0 Å². The molecule has 5 nitrogen and oxygen atoms in total. The average molecular weight is 301 g/mol. The maximum absolute atomic E-state index is 12.4. The minimum absolute atomic E-state index is 0.0173. The monoisotopic (exact) mass is 301 g/mol. The van der Waals surface area contributed by atoms with Gasteiger partial charge in [0.1, 0.15) is 0 Å². The topological polar surface area (TPSA) is 67.6 Å². The summed E-state index contributed by atoms with van der Waals surface area (Å²) in [7, 11) is 1.82. The van der Waals surface area contributed by atoms with Crippen molar-refractivity contribution in [2.45, 2.75) is 31.9 Å². The molecule has 1 saturated heterocycles. The Labute approximate surface area is 131 Å². The molecule has 2 rings (SSSR count). The molecule has 0 spiro atoms. The van der Waals surface area contributed by atoms with Gasteiger partial charge in [-0.25, -0.2) is 0 Å². The SMILES string of the molecule is CC(CCCN1CC(O)C1)N(C)C(=O)c1ccc(C#N)cc1. The zero-order valence-electron chi connectivity index (χ0n) is 13.2. The van der Waals surface area contributed by atoms with E-state index in [0.29, 0.717) is 11.1 Å². The highest BCUT2D eigenvalue weighted by Crippen LogP contribution is 2.13. The van der Waals surface area contributed by atoms with Gasteiger partial charge < -0.3 is 10.0 Å². The summed E-state index contributed by atoms with van der Waals surface area (Å²) in [4.78, 5) is 16.4. The lowest BCUT2D eigenvalue weighted by atomic mass is 10.1. The number of amides is 1. The molecule has 1 aliphatic rings. The van der Waals surface area contributed by atoms with E-state index in [4.69, 9.17) is 5.26 Å². The first-order valence-electron chi connectivity index (χ1n) is 7.69. The molecule has 1 atom stereocenters. The summed E-state index contributed by atoms with van der Waals surface area (Å²) in [6, 6.07) is 8.95. The van der Waals surface area contributed by atoms with Crippen LogP contribution in [0.15, 0.2) is 24.3 Å². The first-order chi connectivity index (χ1) is 10.5. The third-order valence-electron chi connectivity index (χ3n) is 4.28. The van der Waals surface area contributed by atoms with Crippen molar-refractivity contribution in [1.82, 2.24) is 9.80 Å². The lowest BCUT2D eigenvalue weighted by Crippen LogP contribution is -2.50. The summed E-state index contributed by atoms with van der Waals surface area (Å²) < 4.78 is 0. The van der Waals surface area contributed by atoms with Crippen molar-refractivity contribution >= 4 is 5.91 Å². The van der Waals surface area contributed by atoms with Crippen LogP contribution >= 0.6 is 0 Å². The normalized spacial score (nSPS) is 16.6. The predicted molar refractivity (Wildman–Crippen MR) is 84.4 cm³/mol. The second kappa shape index (κ2) is 7.39. The molecule has 0 aromatic heterocycles. The van der Waals surface area contributed by atoms with E-state index >= 15 is 0 Å². The Kier molecular flexibility index (Phi) is 5.53. The Bertz CT molecular complexity index is 544. The molecule has 1 heterocycles. The number of likely N-dealkylation sites (tertiary alicyclic amines) is 1. The molecule has 1 aromatic carbocycles. The van der Waals surface area contributed by atoms with Crippen LogP contribution in [0.3, 0.4) is 0 Å². The van der Waals surface area contributed by atoms with Gasteiger partial charge in [0, 0.05) is 31.7 Å². The highest BCUT2D eigenvalue weighted by molar-refractivity contribution is 5.94. The van der Waals surface area contributed by atoms with Crippen molar-refractivity contribution < 1.29 is 9.90 Å². The molecular formula is C17H23N3O2. The summed E-state index contributed by atoms with van der Waals surface area (Å²) in [6.07, 6.45) is 1.79. The summed E-state index contributed by atoms with van der Waals surface area (Å²) in [6.45, 7) is 4.57. The van der Waals surface area contributed by atoms with E-state index in [2.05, 4.69) is 11.0 Å². The molecule has 118 valence electrons. The fourth-order valence-electron chi connectivity index (χ4n) is 2.62. The first kappa shape index (κ1) is 16.5. The van der Waals surface area contributed by atoms with Crippen LogP contribution in [0.5, 0.6) is 0 Å². The van der Waals surface area contributed by atoms with E-state index in [0.717, 1.165) is 32.5 Å². The second-order valence-electron chi connectivity index (χ2n) is 6.01. The smallest absolute Gasteiger partial charge is 0.253 e. The van der Waals surface area contributed by atoms with E-state index in [9.17, 15) is 9.90 Å². The van der Waals surface area contributed by atoms with E-state index in [1.807, 2.05) is 14.0 Å². The molecule has 1 N–H and O–H groups in total. The number of aliphatic hydroxyl groups is 1. The van der Waals surface area contributed by atoms with Crippen molar-refractivity contribution in [2.75, 3.05) is 26.7 Å². The molecule has 0 aliphatic carbocycles. The fourth-order valence-corrected chi connectivity index (χ4v) is 2.62. The fraction of sp³-hybridized carbons (Fsp3) is 0.529.